The lowest BCUT2D eigenvalue weighted by Crippen LogP contribution is -2.10. The average molecular weight is 236 g/mol. The fourth-order valence-corrected chi connectivity index (χ4v) is 1.47. The fraction of sp³-hybridized carbons (Fsp3) is 0.167. The fourth-order valence-electron chi connectivity index (χ4n) is 1.47. The largest absolute Gasteiger partial charge is 0.460 e. The summed E-state index contributed by atoms with van der Waals surface area (Å²) in [5.41, 5.74) is -0.576. The van der Waals surface area contributed by atoms with Crippen LogP contribution in [0.1, 0.15) is 17.5 Å². The van der Waals surface area contributed by atoms with E-state index in [-0.39, 0.29) is 23.3 Å². The van der Waals surface area contributed by atoms with Gasteiger partial charge in [-0.3, -0.25) is 4.79 Å². The third-order valence-corrected chi connectivity index (χ3v) is 2.18. The maximum atomic E-state index is 13.4. The highest BCUT2D eigenvalue weighted by Crippen LogP contribution is 2.15. The smallest absolute Gasteiger partial charge is 0.374 e. The van der Waals surface area contributed by atoms with Gasteiger partial charge >= 0.3 is 5.97 Å². The van der Waals surface area contributed by atoms with Crippen molar-refractivity contribution in [2.45, 2.75) is 6.92 Å². The predicted molar refractivity (Wildman–Crippen MR) is 58.4 cm³/mol. The number of rotatable bonds is 2. The Morgan fingerprint density at radius 3 is 2.94 bits per heavy atom. The second-order valence-corrected chi connectivity index (χ2v) is 3.31. The highest BCUT2D eigenvalue weighted by Gasteiger charge is 2.14. The Kier molecular flexibility index (Phi) is 2.91. The van der Waals surface area contributed by atoms with E-state index in [1.54, 1.807) is 6.92 Å². The van der Waals surface area contributed by atoms with Crippen molar-refractivity contribution in [1.82, 2.24) is 0 Å². The van der Waals surface area contributed by atoms with Gasteiger partial charge in [-0.25, -0.2) is 9.18 Å². The summed E-state index contributed by atoms with van der Waals surface area (Å²) in [6.45, 7) is 1.81. The molecule has 88 valence electrons. The van der Waals surface area contributed by atoms with Crippen LogP contribution in [0.25, 0.3) is 11.0 Å². The van der Waals surface area contributed by atoms with Crippen molar-refractivity contribution >= 4 is 16.9 Å². The molecule has 0 fully saturated rings. The van der Waals surface area contributed by atoms with Crippen molar-refractivity contribution in [1.29, 1.82) is 0 Å². The lowest BCUT2D eigenvalue weighted by Gasteiger charge is -2.02. The molecule has 4 nitrogen and oxygen atoms in total. The minimum Gasteiger partial charge on any atom is -0.460 e. The summed E-state index contributed by atoms with van der Waals surface area (Å²) >= 11 is 0. The Labute approximate surface area is 95.6 Å². The van der Waals surface area contributed by atoms with Crippen LogP contribution in [0.15, 0.2) is 33.5 Å². The van der Waals surface area contributed by atoms with E-state index in [1.807, 2.05) is 0 Å². The number of ether oxygens (including phenoxy) is 1. The molecule has 0 saturated heterocycles. The van der Waals surface area contributed by atoms with Gasteiger partial charge in [0.05, 0.1) is 6.61 Å². The molecule has 0 unspecified atom stereocenters. The predicted octanol–water partition coefficient (Wildman–Crippen LogP) is 2.11. The van der Waals surface area contributed by atoms with Gasteiger partial charge in [0.2, 0.25) is 5.76 Å². The Bertz CT molecular complexity index is 630. The standard InChI is InChI=1S/C12H9FO4/c1-2-16-12(15)10-6-8(14)11-7(13)4-3-5-9(11)17-10/h3-6H,2H2,1H3. The van der Waals surface area contributed by atoms with Crippen molar-refractivity contribution < 1.29 is 18.3 Å². The van der Waals surface area contributed by atoms with Crippen LogP contribution >= 0.6 is 0 Å². The molecule has 0 amide bonds. The first-order chi connectivity index (χ1) is 8.13. The van der Waals surface area contributed by atoms with Gasteiger partial charge in [-0.2, -0.15) is 0 Å². The molecule has 17 heavy (non-hydrogen) atoms. The molecule has 0 spiro atoms. The summed E-state index contributed by atoms with van der Waals surface area (Å²) in [5.74, 6) is -1.64. The molecule has 1 aromatic carbocycles. The Hall–Kier alpha value is -2.17. The second kappa shape index (κ2) is 4.37. The lowest BCUT2D eigenvalue weighted by molar-refractivity contribution is 0.0490. The maximum Gasteiger partial charge on any atom is 0.374 e. The zero-order chi connectivity index (χ0) is 12.4. The molecule has 0 N–H and O–H groups in total. The van der Waals surface area contributed by atoms with E-state index < -0.39 is 17.2 Å². The molecule has 0 aliphatic carbocycles. The maximum absolute atomic E-state index is 13.4. The number of fused-ring (bicyclic) bond motifs is 1. The van der Waals surface area contributed by atoms with Crippen molar-refractivity contribution in [2.75, 3.05) is 6.61 Å². The van der Waals surface area contributed by atoms with Gasteiger partial charge < -0.3 is 9.15 Å². The van der Waals surface area contributed by atoms with Gasteiger partial charge in [-0.05, 0) is 19.1 Å². The molecule has 1 aromatic heterocycles. The summed E-state index contributed by atoms with van der Waals surface area (Å²) in [7, 11) is 0. The summed E-state index contributed by atoms with van der Waals surface area (Å²) in [4.78, 5) is 23.0. The molecule has 0 atom stereocenters. The minimum absolute atomic E-state index is 0.0283. The van der Waals surface area contributed by atoms with Crippen molar-refractivity contribution in [3.05, 3.63) is 46.1 Å². The molecular formula is C12H9FO4. The van der Waals surface area contributed by atoms with Crippen LogP contribution in [0.3, 0.4) is 0 Å². The van der Waals surface area contributed by atoms with E-state index >= 15 is 0 Å². The number of esters is 1. The van der Waals surface area contributed by atoms with Crippen LogP contribution < -0.4 is 5.43 Å². The Morgan fingerprint density at radius 2 is 2.24 bits per heavy atom. The first-order valence-corrected chi connectivity index (χ1v) is 5.03. The quantitative estimate of drug-likeness (QED) is 0.749. The van der Waals surface area contributed by atoms with E-state index in [0.29, 0.717) is 0 Å². The normalized spacial score (nSPS) is 10.5. The molecule has 0 saturated carbocycles. The number of hydrogen-bond donors (Lipinski definition) is 0. The molecule has 0 radical (unpaired) electrons. The minimum atomic E-state index is -0.740. The van der Waals surface area contributed by atoms with Gasteiger partial charge in [0.15, 0.2) is 5.43 Å². The van der Waals surface area contributed by atoms with Crippen LogP contribution in [0.5, 0.6) is 0 Å². The number of carbonyl (C=O) groups excluding carboxylic acids is 1. The molecule has 5 heteroatoms. The molecule has 2 aromatic rings. The topological polar surface area (TPSA) is 56.5 Å². The molecule has 0 aliphatic heterocycles. The molecule has 1 heterocycles. The third-order valence-electron chi connectivity index (χ3n) is 2.18. The van der Waals surface area contributed by atoms with Crippen LogP contribution in [0, 0.1) is 5.82 Å². The molecule has 0 bridgehead atoms. The van der Waals surface area contributed by atoms with Crippen molar-refractivity contribution in [3.63, 3.8) is 0 Å². The van der Waals surface area contributed by atoms with Gasteiger partial charge in [0.25, 0.3) is 0 Å². The SMILES string of the molecule is CCOC(=O)c1cc(=O)c2c(F)cccc2o1. The van der Waals surface area contributed by atoms with E-state index in [1.165, 1.54) is 12.1 Å². The van der Waals surface area contributed by atoms with Crippen LogP contribution in [-0.4, -0.2) is 12.6 Å². The number of carbonyl (C=O) groups is 1. The Balaban J connectivity index is 2.65. The number of halogens is 1. The monoisotopic (exact) mass is 236 g/mol. The summed E-state index contributed by atoms with van der Waals surface area (Å²) in [5, 5.41) is -0.166. The van der Waals surface area contributed by atoms with Crippen molar-refractivity contribution in [3.8, 4) is 0 Å². The first-order valence-electron chi connectivity index (χ1n) is 5.03. The second-order valence-electron chi connectivity index (χ2n) is 3.31. The van der Waals surface area contributed by atoms with E-state index in [4.69, 9.17) is 9.15 Å². The lowest BCUT2D eigenvalue weighted by atomic mass is 10.2. The highest BCUT2D eigenvalue weighted by atomic mass is 19.1. The van der Waals surface area contributed by atoms with Crippen LogP contribution in [-0.2, 0) is 4.74 Å². The first kappa shape index (κ1) is 11.3. The average Bonchev–Trinajstić information content (AvgIpc) is 2.29. The van der Waals surface area contributed by atoms with Crippen LogP contribution in [0.2, 0.25) is 0 Å². The molecular weight excluding hydrogens is 227 g/mol. The van der Waals surface area contributed by atoms with E-state index in [0.717, 1.165) is 12.1 Å². The molecule has 0 aliphatic rings. The Morgan fingerprint density at radius 1 is 1.47 bits per heavy atom. The molecule has 2 rings (SSSR count). The van der Waals surface area contributed by atoms with Gasteiger partial charge in [0, 0.05) is 6.07 Å². The van der Waals surface area contributed by atoms with Crippen LogP contribution in [0.4, 0.5) is 4.39 Å². The zero-order valence-corrected chi connectivity index (χ0v) is 9.03. The number of benzene rings is 1. The zero-order valence-electron chi connectivity index (χ0n) is 9.03. The van der Waals surface area contributed by atoms with Gasteiger partial charge in [-0.1, -0.05) is 6.07 Å². The van der Waals surface area contributed by atoms with Gasteiger partial charge in [-0.15, -0.1) is 0 Å². The van der Waals surface area contributed by atoms with E-state index in [9.17, 15) is 14.0 Å². The summed E-state index contributed by atoms with van der Waals surface area (Å²) in [6, 6.07) is 4.91. The summed E-state index contributed by atoms with van der Waals surface area (Å²) in [6.07, 6.45) is 0. The highest BCUT2D eigenvalue weighted by molar-refractivity contribution is 5.89. The number of hydrogen-bond acceptors (Lipinski definition) is 4. The summed E-state index contributed by atoms with van der Waals surface area (Å²) < 4.78 is 23.2. The third kappa shape index (κ3) is 2.04. The van der Waals surface area contributed by atoms with Gasteiger partial charge in [0.1, 0.15) is 16.8 Å². The van der Waals surface area contributed by atoms with Crippen molar-refractivity contribution in [2.24, 2.45) is 0 Å². The van der Waals surface area contributed by atoms with E-state index in [2.05, 4.69) is 0 Å².